The quantitative estimate of drug-likeness (QED) is 0.833. The lowest BCUT2D eigenvalue weighted by Gasteiger charge is -2.13. The molecule has 0 amide bonds. The molecule has 2 aromatic rings. The van der Waals surface area contributed by atoms with Crippen LogP contribution in [0.5, 0.6) is 0 Å². The van der Waals surface area contributed by atoms with Gasteiger partial charge in [0.2, 0.25) is 0 Å². The van der Waals surface area contributed by atoms with Crippen molar-refractivity contribution in [1.29, 1.82) is 0 Å². The highest BCUT2D eigenvalue weighted by atomic mass is 79.9. The van der Waals surface area contributed by atoms with Crippen LogP contribution in [0.2, 0.25) is 0 Å². The Balaban J connectivity index is 2.32. The van der Waals surface area contributed by atoms with Crippen LogP contribution in [0.15, 0.2) is 45.3 Å². The molecule has 0 bridgehead atoms. The second-order valence-electron chi connectivity index (χ2n) is 4.53. The van der Waals surface area contributed by atoms with Gasteiger partial charge in [-0.05, 0) is 59.1 Å². The molecule has 1 aromatic heterocycles. The minimum atomic E-state index is -0.862. The van der Waals surface area contributed by atoms with Gasteiger partial charge in [0.1, 0.15) is 5.92 Å². The fraction of sp³-hybridized carbons (Fsp3) is 0.200. The summed E-state index contributed by atoms with van der Waals surface area (Å²) in [5.41, 5.74) is 2.34. The van der Waals surface area contributed by atoms with Gasteiger partial charge in [0, 0.05) is 8.95 Å². The number of carbonyl (C=O) groups is 1. The number of pyridine rings is 1. The van der Waals surface area contributed by atoms with Crippen molar-refractivity contribution in [2.75, 3.05) is 0 Å². The Morgan fingerprint density at radius 2 is 2.05 bits per heavy atom. The lowest BCUT2D eigenvalue weighted by Crippen LogP contribution is -2.16. The average Bonchev–Trinajstić information content (AvgIpc) is 2.39. The van der Waals surface area contributed by atoms with Crippen molar-refractivity contribution in [1.82, 2.24) is 4.98 Å². The molecule has 3 nitrogen and oxygen atoms in total. The molecule has 20 heavy (non-hydrogen) atoms. The molecule has 0 aliphatic carbocycles. The highest BCUT2D eigenvalue weighted by Gasteiger charge is 2.22. The van der Waals surface area contributed by atoms with Crippen molar-refractivity contribution >= 4 is 37.8 Å². The Morgan fingerprint density at radius 1 is 1.30 bits per heavy atom. The zero-order valence-electron chi connectivity index (χ0n) is 10.8. The third kappa shape index (κ3) is 3.67. The summed E-state index contributed by atoms with van der Waals surface area (Å²) in [7, 11) is 0. The highest BCUT2D eigenvalue weighted by Crippen LogP contribution is 2.24. The Bertz CT molecular complexity index is 644. The fourth-order valence-electron chi connectivity index (χ4n) is 1.98. The van der Waals surface area contributed by atoms with Crippen LogP contribution in [0.3, 0.4) is 0 Å². The maximum atomic E-state index is 11.5. The molecular formula is C15H13Br2NO2. The van der Waals surface area contributed by atoms with Gasteiger partial charge in [-0.3, -0.25) is 9.78 Å². The molecule has 0 radical (unpaired) electrons. The number of aryl methyl sites for hydroxylation is 1. The van der Waals surface area contributed by atoms with Crippen LogP contribution in [0.1, 0.15) is 22.9 Å². The summed E-state index contributed by atoms with van der Waals surface area (Å²) in [5.74, 6) is -1.50. The van der Waals surface area contributed by atoms with E-state index in [4.69, 9.17) is 0 Å². The summed E-state index contributed by atoms with van der Waals surface area (Å²) in [6.45, 7) is 1.85. The van der Waals surface area contributed by atoms with Gasteiger partial charge >= 0.3 is 5.97 Å². The lowest BCUT2D eigenvalue weighted by molar-refractivity contribution is -0.138. The molecule has 1 atom stereocenters. The Labute approximate surface area is 134 Å². The molecule has 0 aliphatic heterocycles. The zero-order valence-corrected chi connectivity index (χ0v) is 14.0. The topological polar surface area (TPSA) is 50.2 Å². The van der Waals surface area contributed by atoms with Crippen LogP contribution in [0.25, 0.3) is 0 Å². The van der Waals surface area contributed by atoms with Gasteiger partial charge in [-0.15, -0.1) is 0 Å². The van der Waals surface area contributed by atoms with Crippen molar-refractivity contribution in [3.8, 4) is 0 Å². The van der Waals surface area contributed by atoms with E-state index in [9.17, 15) is 9.90 Å². The smallest absolute Gasteiger partial charge is 0.312 e. The molecule has 1 heterocycles. The van der Waals surface area contributed by atoms with E-state index in [1.807, 2.05) is 37.3 Å². The molecule has 1 unspecified atom stereocenters. The molecule has 0 saturated carbocycles. The molecule has 1 N–H and O–H groups in total. The largest absolute Gasteiger partial charge is 0.481 e. The highest BCUT2D eigenvalue weighted by molar-refractivity contribution is 9.10. The van der Waals surface area contributed by atoms with E-state index in [0.29, 0.717) is 12.1 Å². The van der Waals surface area contributed by atoms with Crippen LogP contribution in [0, 0.1) is 6.92 Å². The maximum Gasteiger partial charge on any atom is 0.312 e. The second-order valence-corrected chi connectivity index (χ2v) is 6.30. The molecule has 0 fully saturated rings. The van der Waals surface area contributed by atoms with E-state index >= 15 is 0 Å². The number of carboxylic acids is 1. The number of carboxylic acid groups (broad SMARTS) is 1. The first-order chi connectivity index (χ1) is 9.47. The summed E-state index contributed by atoms with van der Waals surface area (Å²) in [4.78, 5) is 15.9. The van der Waals surface area contributed by atoms with E-state index < -0.39 is 11.9 Å². The minimum absolute atomic E-state index is 0.419. The fourth-order valence-corrected chi connectivity index (χ4v) is 2.64. The third-order valence-electron chi connectivity index (χ3n) is 3.03. The third-order valence-corrected chi connectivity index (χ3v) is 4.36. The van der Waals surface area contributed by atoms with Crippen molar-refractivity contribution in [2.45, 2.75) is 19.3 Å². The molecule has 5 heteroatoms. The van der Waals surface area contributed by atoms with Crippen LogP contribution >= 0.6 is 31.9 Å². The van der Waals surface area contributed by atoms with Gasteiger partial charge < -0.3 is 5.11 Å². The van der Waals surface area contributed by atoms with E-state index in [1.165, 1.54) is 0 Å². The lowest BCUT2D eigenvalue weighted by atomic mass is 9.95. The zero-order chi connectivity index (χ0) is 14.7. The Morgan fingerprint density at radius 3 is 2.65 bits per heavy atom. The van der Waals surface area contributed by atoms with Gasteiger partial charge in [-0.25, -0.2) is 0 Å². The number of aliphatic carboxylic acids is 1. The van der Waals surface area contributed by atoms with Crippen LogP contribution in [0.4, 0.5) is 0 Å². The number of hydrogen-bond donors (Lipinski definition) is 1. The minimum Gasteiger partial charge on any atom is -0.481 e. The van der Waals surface area contributed by atoms with Gasteiger partial charge in [0.05, 0.1) is 11.4 Å². The van der Waals surface area contributed by atoms with Gasteiger partial charge in [0.25, 0.3) is 0 Å². The first-order valence-corrected chi connectivity index (χ1v) is 7.66. The summed E-state index contributed by atoms with van der Waals surface area (Å²) in [6.07, 6.45) is 0.419. The first kappa shape index (κ1) is 15.2. The molecule has 1 aromatic carbocycles. The van der Waals surface area contributed by atoms with Crippen LogP contribution in [-0.4, -0.2) is 16.1 Å². The van der Waals surface area contributed by atoms with E-state index in [1.54, 1.807) is 6.07 Å². The number of benzene rings is 1. The predicted molar refractivity (Wildman–Crippen MR) is 84.9 cm³/mol. The summed E-state index contributed by atoms with van der Waals surface area (Å²) in [6, 6.07) is 11.3. The number of hydrogen-bond acceptors (Lipinski definition) is 2. The first-order valence-electron chi connectivity index (χ1n) is 6.07. The molecule has 0 aliphatic rings. The summed E-state index contributed by atoms with van der Waals surface area (Å²) < 4.78 is 1.83. The predicted octanol–water partition coefficient (Wildman–Crippen LogP) is 4.33. The molecule has 104 valence electrons. The molecule has 0 spiro atoms. The second kappa shape index (κ2) is 6.50. The van der Waals surface area contributed by atoms with Crippen LogP contribution < -0.4 is 0 Å². The number of rotatable bonds is 4. The summed E-state index contributed by atoms with van der Waals surface area (Å²) in [5, 5.41) is 9.45. The van der Waals surface area contributed by atoms with E-state index in [-0.39, 0.29) is 0 Å². The van der Waals surface area contributed by atoms with E-state index in [2.05, 4.69) is 36.8 Å². The van der Waals surface area contributed by atoms with Crippen LogP contribution in [-0.2, 0) is 11.2 Å². The van der Waals surface area contributed by atoms with Crippen molar-refractivity contribution in [2.24, 2.45) is 0 Å². The Hall–Kier alpha value is -1.20. The SMILES string of the molecule is Cc1nc(C(Cc2cccc(Br)c2)C(=O)O)ccc1Br. The standard InChI is InChI=1S/C15H13Br2NO2/c1-9-13(17)5-6-14(18-9)12(15(19)20)8-10-3-2-4-11(16)7-10/h2-7,12H,8H2,1H3,(H,19,20). The Kier molecular flexibility index (Phi) is 4.94. The maximum absolute atomic E-state index is 11.5. The van der Waals surface area contributed by atoms with Gasteiger partial charge in [0.15, 0.2) is 0 Å². The molecular weight excluding hydrogens is 386 g/mol. The molecule has 0 saturated heterocycles. The average molecular weight is 399 g/mol. The van der Waals surface area contributed by atoms with Crippen molar-refractivity contribution < 1.29 is 9.90 Å². The normalized spacial score (nSPS) is 12.2. The van der Waals surface area contributed by atoms with Crippen molar-refractivity contribution in [3.63, 3.8) is 0 Å². The van der Waals surface area contributed by atoms with Crippen molar-refractivity contribution in [3.05, 3.63) is 62.3 Å². The summed E-state index contributed by atoms with van der Waals surface area (Å²) >= 11 is 6.77. The number of aromatic nitrogens is 1. The van der Waals surface area contributed by atoms with E-state index in [0.717, 1.165) is 20.2 Å². The monoisotopic (exact) mass is 397 g/mol. The molecule has 2 rings (SSSR count). The van der Waals surface area contributed by atoms with Gasteiger partial charge in [-0.2, -0.15) is 0 Å². The number of halogens is 2. The number of nitrogens with zero attached hydrogens (tertiary/aromatic N) is 1. The van der Waals surface area contributed by atoms with Gasteiger partial charge in [-0.1, -0.05) is 28.1 Å².